The Bertz CT molecular complexity index is 380. The van der Waals surface area contributed by atoms with Gasteiger partial charge in [0.2, 0.25) is 0 Å². The average molecular weight is 344 g/mol. The first-order valence-corrected chi connectivity index (χ1v) is 9.07. The van der Waals surface area contributed by atoms with Gasteiger partial charge in [-0.15, -0.1) is 0 Å². The molecule has 140 valence electrons. The third-order valence-electron chi connectivity index (χ3n) is 4.12. The molecule has 0 saturated heterocycles. The van der Waals surface area contributed by atoms with Crippen LogP contribution in [0.2, 0.25) is 0 Å². The van der Waals surface area contributed by atoms with Crippen LogP contribution in [0, 0.1) is 5.92 Å². The number of carbonyl (C=O) groups is 3. The summed E-state index contributed by atoms with van der Waals surface area (Å²) >= 11 is 0. The largest absolute Gasteiger partial charge is 0.481 e. The van der Waals surface area contributed by atoms with Crippen LogP contribution in [0.15, 0.2) is 0 Å². The first-order chi connectivity index (χ1) is 11.4. The fourth-order valence-electron chi connectivity index (χ4n) is 2.54. The molecule has 0 rings (SSSR count). The first-order valence-electron chi connectivity index (χ1n) is 9.07. The normalized spacial score (nSPS) is 13.2. The molecule has 2 unspecified atom stereocenters. The highest BCUT2D eigenvalue weighted by atomic mass is 16.6. The summed E-state index contributed by atoms with van der Waals surface area (Å²) in [4.78, 5) is 33.7. The number of hydrogen-bond donors (Lipinski definition) is 2. The molecule has 0 aromatic rings. The van der Waals surface area contributed by atoms with E-state index in [0.29, 0.717) is 25.7 Å². The topological polar surface area (TPSA) is 101 Å². The van der Waals surface area contributed by atoms with Crippen molar-refractivity contribution in [2.45, 2.75) is 90.6 Å². The van der Waals surface area contributed by atoms with E-state index >= 15 is 0 Å². The molecule has 0 radical (unpaired) electrons. The van der Waals surface area contributed by atoms with Gasteiger partial charge in [0.25, 0.3) is 0 Å². The molecular formula is C18H32O6. The molecule has 0 aliphatic carbocycles. The van der Waals surface area contributed by atoms with Gasteiger partial charge in [0.1, 0.15) is 0 Å². The Labute approximate surface area is 144 Å². The van der Waals surface area contributed by atoms with E-state index in [1.165, 1.54) is 0 Å². The minimum Gasteiger partial charge on any atom is -0.481 e. The van der Waals surface area contributed by atoms with Crippen LogP contribution in [-0.4, -0.2) is 34.2 Å². The predicted molar refractivity (Wildman–Crippen MR) is 90.8 cm³/mol. The van der Waals surface area contributed by atoms with E-state index in [1.54, 1.807) is 0 Å². The summed E-state index contributed by atoms with van der Waals surface area (Å²) in [6, 6.07) is 0. The molecule has 2 N–H and O–H groups in total. The van der Waals surface area contributed by atoms with Gasteiger partial charge in [-0.05, 0) is 32.1 Å². The van der Waals surface area contributed by atoms with Gasteiger partial charge < -0.3 is 14.9 Å². The van der Waals surface area contributed by atoms with Crippen molar-refractivity contribution in [2.24, 2.45) is 5.92 Å². The zero-order chi connectivity index (χ0) is 18.4. The van der Waals surface area contributed by atoms with Gasteiger partial charge >= 0.3 is 17.9 Å². The lowest BCUT2D eigenvalue weighted by molar-refractivity contribution is -0.167. The fourth-order valence-corrected chi connectivity index (χ4v) is 2.54. The Kier molecular flexibility index (Phi) is 12.9. The summed E-state index contributed by atoms with van der Waals surface area (Å²) in [5, 5.41) is 17.8. The molecule has 0 amide bonds. The van der Waals surface area contributed by atoms with E-state index < -0.39 is 24.0 Å². The van der Waals surface area contributed by atoms with Crippen molar-refractivity contribution in [1.82, 2.24) is 0 Å². The second kappa shape index (κ2) is 13.8. The summed E-state index contributed by atoms with van der Waals surface area (Å²) in [6.07, 6.45) is 6.52. The molecule has 24 heavy (non-hydrogen) atoms. The molecule has 2 atom stereocenters. The van der Waals surface area contributed by atoms with Gasteiger partial charge in [-0.25, -0.2) is 4.79 Å². The van der Waals surface area contributed by atoms with Crippen LogP contribution in [-0.2, 0) is 19.1 Å². The Morgan fingerprint density at radius 2 is 1.50 bits per heavy atom. The van der Waals surface area contributed by atoms with Crippen molar-refractivity contribution in [3.05, 3.63) is 0 Å². The molecule has 0 aromatic heterocycles. The number of ether oxygens (including phenoxy) is 1. The summed E-state index contributed by atoms with van der Waals surface area (Å²) in [7, 11) is 0. The molecule has 0 saturated carbocycles. The van der Waals surface area contributed by atoms with Gasteiger partial charge in [0.15, 0.2) is 6.10 Å². The van der Waals surface area contributed by atoms with Gasteiger partial charge in [-0.2, -0.15) is 0 Å². The maximum absolute atomic E-state index is 12.1. The third kappa shape index (κ3) is 11.0. The van der Waals surface area contributed by atoms with Crippen LogP contribution in [0.4, 0.5) is 0 Å². The lowest BCUT2D eigenvalue weighted by Gasteiger charge is -2.18. The second-order valence-electron chi connectivity index (χ2n) is 6.21. The molecule has 0 aliphatic heterocycles. The molecule has 6 heteroatoms. The number of aliphatic carboxylic acids is 2. The maximum atomic E-state index is 12.1. The van der Waals surface area contributed by atoms with Crippen molar-refractivity contribution in [3.8, 4) is 0 Å². The Hall–Kier alpha value is -1.59. The van der Waals surface area contributed by atoms with Crippen molar-refractivity contribution in [1.29, 1.82) is 0 Å². The van der Waals surface area contributed by atoms with Gasteiger partial charge in [0, 0.05) is 6.42 Å². The van der Waals surface area contributed by atoms with Gasteiger partial charge in [-0.3, -0.25) is 9.59 Å². The number of carboxylic acid groups (broad SMARTS) is 2. The zero-order valence-corrected chi connectivity index (χ0v) is 15.0. The Balaban J connectivity index is 4.10. The van der Waals surface area contributed by atoms with Crippen molar-refractivity contribution >= 4 is 17.9 Å². The number of unbranched alkanes of at least 4 members (excludes halogenated alkanes) is 5. The van der Waals surface area contributed by atoms with Crippen LogP contribution in [0.25, 0.3) is 0 Å². The molecule has 0 spiro atoms. The Morgan fingerprint density at radius 1 is 0.875 bits per heavy atom. The van der Waals surface area contributed by atoms with E-state index in [-0.39, 0.29) is 12.3 Å². The maximum Gasteiger partial charge on any atom is 0.345 e. The molecule has 6 nitrogen and oxygen atoms in total. The van der Waals surface area contributed by atoms with E-state index in [9.17, 15) is 19.5 Å². The first kappa shape index (κ1) is 22.4. The average Bonchev–Trinajstić information content (AvgIpc) is 2.53. The lowest BCUT2D eigenvalue weighted by atomic mass is 9.99. The molecule has 0 aromatic carbocycles. The summed E-state index contributed by atoms with van der Waals surface area (Å²) in [5.74, 6) is -2.51. The van der Waals surface area contributed by atoms with E-state index in [4.69, 9.17) is 9.84 Å². The van der Waals surface area contributed by atoms with Crippen LogP contribution in [0.3, 0.4) is 0 Å². The summed E-state index contributed by atoms with van der Waals surface area (Å²) < 4.78 is 5.21. The molecular weight excluding hydrogens is 312 g/mol. The lowest BCUT2D eigenvalue weighted by Crippen LogP contribution is -2.30. The van der Waals surface area contributed by atoms with Gasteiger partial charge in [0.05, 0.1) is 5.92 Å². The number of rotatable bonds is 15. The molecule has 0 aliphatic rings. The third-order valence-corrected chi connectivity index (χ3v) is 4.12. The fraction of sp³-hybridized carbons (Fsp3) is 0.833. The Morgan fingerprint density at radius 3 is 2.04 bits per heavy atom. The number of hydrogen-bond acceptors (Lipinski definition) is 4. The summed E-state index contributed by atoms with van der Waals surface area (Å²) in [6.45, 7) is 3.96. The van der Waals surface area contributed by atoms with E-state index in [1.807, 2.05) is 6.92 Å². The highest BCUT2D eigenvalue weighted by Crippen LogP contribution is 2.17. The standard InChI is InChI=1S/C18H32O6/c1-3-5-11-14(4-2)18(23)24-15(17(21)22)12-9-7-6-8-10-13-16(19)20/h14-15H,3-13H2,1-2H3,(H,19,20)(H,21,22). The number of carboxylic acids is 2. The highest BCUT2D eigenvalue weighted by molar-refractivity contribution is 5.79. The quantitative estimate of drug-likeness (QED) is 0.344. The minimum absolute atomic E-state index is 0.172. The SMILES string of the molecule is CCCCC(CC)C(=O)OC(CCCCCCCC(=O)O)C(=O)O. The van der Waals surface area contributed by atoms with Crippen molar-refractivity contribution in [2.75, 3.05) is 0 Å². The second-order valence-corrected chi connectivity index (χ2v) is 6.21. The van der Waals surface area contributed by atoms with Crippen LogP contribution < -0.4 is 0 Å². The monoisotopic (exact) mass is 344 g/mol. The smallest absolute Gasteiger partial charge is 0.345 e. The van der Waals surface area contributed by atoms with Crippen molar-refractivity contribution < 1.29 is 29.3 Å². The van der Waals surface area contributed by atoms with Crippen molar-refractivity contribution in [3.63, 3.8) is 0 Å². The van der Waals surface area contributed by atoms with E-state index in [0.717, 1.165) is 38.5 Å². The van der Waals surface area contributed by atoms with Gasteiger partial charge in [-0.1, -0.05) is 46.0 Å². The van der Waals surface area contributed by atoms with E-state index in [2.05, 4.69) is 6.92 Å². The molecule has 0 heterocycles. The number of carbonyl (C=O) groups excluding carboxylic acids is 1. The minimum atomic E-state index is -1.10. The summed E-state index contributed by atoms with van der Waals surface area (Å²) in [5.41, 5.74) is 0. The molecule has 0 bridgehead atoms. The van der Waals surface area contributed by atoms with Crippen LogP contribution in [0.1, 0.15) is 84.5 Å². The zero-order valence-electron chi connectivity index (χ0n) is 15.0. The number of esters is 1. The van der Waals surface area contributed by atoms with Crippen LogP contribution >= 0.6 is 0 Å². The molecule has 0 fully saturated rings. The predicted octanol–water partition coefficient (Wildman–Crippen LogP) is 4.01. The highest BCUT2D eigenvalue weighted by Gasteiger charge is 2.25. The van der Waals surface area contributed by atoms with Crippen LogP contribution in [0.5, 0.6) is 0 Å².